The minimum Gasteiger partial charge on any atom is -0.390 e. The van der Waals surface area contributed by atoms with Crippen LogP contribution < -0.4 is 0 Å². The van der Waals surface area contributed by atoms with Gasteiger partial charge >= 0.3 is 0 Å². The first-order chi connectivity index (χ1) is 12.2. The summed E-state index contributed by atoms with van der Waals surface area (Å²) >= 11 is 0. The van der Waals surface area contributed by atoms with E-state index in [1.165, 1.54) is 0 Å². The van der Waals surface area contributed by atoms with Gasteiger partial charge in [0.1, 0.15) is 0 Å². The minimum atomic E-state index is -0.713. The Bertz CT molecular complexity index is 403. The number of hydrogen-bond acceptors (Lipinski definition) is 4. The second kappa shape index (κ2) is 11.1. The molecule has 0 amide bonds. The van der Waals surface area contributed by atoms with E-state index < -0.39 is 5.60 Å². The van der Waals surface area contributed by atoms with Gasteiger partial charge in [-0.05, 0) is 73.6 Å². The van der Waals surface area contributed by atoms with Crippen LogP contribution in [-0.4, -0.2) is 47.8 Å². The van der Waals surface area contributed by atoms with E-state index >= 15 is 0 Å². The lowest BCUT2D eigenvalue weighted by Gasteiger charge is -2.39. The van der Waals surface area contributed by atoms with Crippen LogP contribution in [0.1, 0.15) is 101 Å². The normalized spacial score (nSPS) is 18.8. The van der Waals surface area contributed by atoms with Crippen molar-refractivity contribution >= 4 is 0 Å². The summed E-state index contributed by atoms with van der Waals surface area (Å²) in [4.78, 5) is 0. The molecule has 0 bridgehead atoms. The molecule has 4 heteroatoms. The van der Waals surface area contributed by atoms with Gasteiger partial charge in [0.25, 0.3) is 0 Å². The van der Waals surface area contributed by atoms with Crippen LogP contribution in [0.4, 0.5) is 0 Å². The number of aliphatic hydroxyl groups is 1. The zero-order valence-corrected chi connectivity index (χ0v) is 19.9. The van der Waals surface area contributed by atoms with Gasteiger partial charge in [-0.25, -0.2) is 0 Å². The molecule has 0 heterocycles. The lowest BCUT2D eigenvalue weighted by atomic mass is 9.79. The topological polar surface area (TPSA) is 47.9 Å². The molecule has 0 aliphatic carbocycles. The Labute approximate surface area is 169 Å². The SMILES string of the molecule is CCC(C)OCC(C)(COC(C)(C)CCOC(C)(C)CC)CC(C)(O)CC. The van der Waals surface area contributed by atoms with Crippen LogP contribution in [0, 0.1) is 5.41 Å². The van der Waals surface area contributed by atoms with Crippen molar-refractivity contribution in [3.8, 4) is 0 Å². The fraction of sp³-hybridized carbons (Fsp3) is 1.00. The summed E-state index contributed by atoms with van der Waals surface area (Å²) in [7, 11) is 0. The van der Waals surface area contributed by atoms with Gasteiger partial charge in [-0.2, -0.15) is 0 Å². The summed E-state index contributed by atoms with van der Waals surface area (Å²) in [5.74, 6) is 0. The zero-order valence-electron chi connectivity index (χ0n) is 19.9. The second-order valence-electron chi connectivity index (χ2n) is 10.1. The molecule has 0 saturated heterocycles. The molecule has 0 radical (unpaired) electrons. The first-order valence-corrected chi connectivity index (χ1v) is 10.8. The van der Waals surface area contributed by atoms with E-state index in [0.717, 1.165) is 25.7 Å². The third-order valence-electron chi connectivity index (χ3n) is 5.72. The van der Waals surface area contributed by atoms with Gasteiger partial charge < -0.3 is 19.3 Å². The second-order valence-corrected chi connectivity index (χ2v) is 10.1. The van der Waals surface area contributed by atoms with Crippen LogP contribution in [0.25, 0.3) is 0 Å². The van der Waals surface area contributed by atoms with E-state index in [-0.39, 0.29) is 22.7 Å². The van der Waals surface area contributed by atoms with E-state index in [2.05, 4.69) is 55.4 Å². The van der Waals surface area contributed by atoms with E-state index in [1.807, 2.05) is 13.8 Å². The lowest BCUT2D eigenvalue weighted by Crippen LogP contribution is -2.42. The first kappa shape index (κ1) is 26.8. The maximum absolute atomic E-state index is 10.6. The Morgan fingerprint density at radius 1 is 0.815 bits per heavy atom. The third kappa shape index (κ3) is 12.1. The summed E-state index contributed by atoms with van der Waals surface area (Å²) in [6.07, 6.45) is 4.40. The van der Waals surface area contributed by atoms with E-state index in [9.17, 15) is 5.11 Å². The highest BCUT2D eigenvalue weighted by Gasteiger charge is 2.36. The fourth-order valence-corrected chi connectivity index (χ4v) is 2.77. The molecule has 0 aliphatic heterocycles. The van der Waals surface area contributed by atoms with Crippen molar-refractivity contribution in [3.63, 3.8) is 0 Å². The Hall–Kier alpha value is -0.160. The summed E-state index contributed by atoms with van der Waals surface area (Å²) < 4.78 is 18.4. The predicted octanol–water partition coefficient (Wildman–Crippen LogP) is 5.75. The molecule has 0 aliphatic rings. The van der Waals surface area contributed by atoms with Crippen molar-refractivity contribution in [2.45, 2.75) is 124 Å². The van der Waals surface area contributed by atoms with E-state index in [1.54, 1.807) is 0 Å². The van der Waals surface area contributed by atoms with Gasteiger partial charge in [0, 0.05) is 5.41 Å². The quantitative estimate of drug-likeness (QED) is 0.388. The number of rotatable bonds is 15. The predicted molar refractivity (Wildman–Crippen MR) is 114 cm³/mol. The molecule has 164 valence electrons. The highest BCUT2D eigenvalue weighted by Crippen LogP contribution is 2.33. The van der Waals surface area contributed by atoms with E-state index in [0.29, 0.717) is 26.2 Å². The molecule has 27 heavy (non-hydrogen) atoms. The highest BCUT2D eigenvalue weighted by atomic mass is 16.5. The van der Waals surface area contributed by atoms with E-state index in [4.69, 9.17) is 14.2 Å². The highest BCUT2D eigenvalue weighted by molar-refractivity contribution is 4.85. The van der Waals surface area contributed by atoms with Crippen LogP contribution in [0.2, 0.25) is 0 Å². The molecule has 0 saturated carbocycles. The van der Waals surface area contributed by atoms with Gasteiger partial charge in [-0.15, -0.1) is 0 Å². The summed E-state index contributed by atoms with van der Waals surface area (Å²) in [5, 5.41) is 10.6. The molecule has 0 rings (SSSR count). The molecular weight excluding hydrogens is 340 g/mol. The molecule has 0 aromatic carbocycles. The van der Waals surface area contributed by atoms with Gasteiger partial charge in [-0.1, -0.05) is 27.7 Å². The number of hydrogen-bond donors (Lipinski definition) is 1. The average Bonchev–Trinajstić information content (AvgIpc) is 2.57. The maximum Gasteiger partial charge on any atom is 0.0648 e. The third-order valence-corrected chi connectivity index (χ3v) is 5.72. The van der Waals surface area contributed by atoms with Crippen molar-refractivity contribution < 1.29 is 19.3 Å². The Morgan fingerprint density at radius 3 is 1.89 bits per heavy atom. The Kier molecular flexibility index (Phi) is 11.1. The van der Waals surface area contributed by atoms with Gasteiger partial charge in [-0.3, -0.25) is 0 Å². The minimum absolute atomic E-state index is 0.0887. The van der Waals surface area contributed by atoms with Crippen LogP contribution >= 0.6 is 0 Å². The number of ether oxygens (including phenoxy) is 3. The fourth-order valence-electron chi connectivity index (χ4n) is 2.77. The van der Waals surface area contributed by atoms with Crippen LogP contribution in [-0.2, 0) is 14.2 Å². The summed E-state index contributed by atoms with van der Waals surface area (Å²) in [6, 6.07) is 0. The van der Waals surface area contributed by atoms with Crippen LogP contribution in [0.15, 0.2) is 0 Å². The van der Waals surface area contributed by atoms with Gasteiger partial charge in [0.2, 0.25) is 0 Å². The molecule has 3 atom stereocenters. The smallest absolute Gasteiger partial charge is 0.0648 e. The van der Waals surface area contributed by atoms with Gasteiger partial charge in [0.15, 0.2) is 0 Å². The first-order valence-electron chi connectivity index (χ1n) is 10.8. The Morgan fingerprint density at radius 2 is 1.41 bits per heavy atom. The van der Waals surface area contributed by atoms with Crippen LogP contribution in [0.5, 0.6) is 0 Å². The zero-order chi connectivity index (χ0) is 21.4. The molecule has 3 unspecified atom stereocenters. The maximum atomic E-state index is 10.6. The summed E-state index contributed by atoms with van der Waals surface area (Å²) in [5.41, 5.74) is -1.31. The van der Waals surface area contributed by atoms with Crippen molar-refractivity contribution in [2.24, 2.45) is 5.41 Å². The van der Waals surface area contributed by atoms with Crippen molar-refractivity contribution in [1.29, 1.82) is 0 Å². The Balaban J connectivity index is 4.84. The standard InChI is InChI=1S/C23H48O4/c1-11-19(4)25-17-22(9,16-23(10,24)13-3)18-27-21(7,8)14-15-26-20(5,6)12-2/h19,24H,11-18H2,1-10H3. The molecule has 0 aromatic heterocycles. The van der Waals surface area contributed by atoms with Crippen molar-refractivity contribution in [1.82, 2.24) is 0 Å². The van der Waals surface area contributed by atoms with Crippen molar-refractivity contribution in [2.75, 3.05) is 19.8 Å². The van der Waals surface area contributed by atoms with Crippen molar-refractivity contribution in [3.05, 3.63) is 0 Å². The molecule has 4 nitrogen and oxygen atoms in total. The molecule has 1 N–H and O–H groups in total. The van der Waals surface area contributed by atoms with Gasteiger partial charge in [0.05, 0.1) is 42.7 Å². The van der Waals surface area contributed by atoms with Crippen LogP contribution in [0.3, 0.4) is 0 Å². The monoisotopic (exact) mass is 388 g/mol. The molecular formula is C23H48O4. The molecule has 0 fully saturated rings. The lowest BCUT2D eigenvalue weighted by molar-refractivity contribution is -0.127. The molecule has 0 aromatic rings. The largest absolute Gasteiger partial charge is 0.390 e. The molecule has 0 spiro atoms. The average molecular weight is 389 g/mol. The summed E-state index contributed by atoms with van der Waals surface area (Å²) in [6.45, 7) is 22.8.